The number of aromatic hydroxyl groups is 1. The molecule has 0 amide bonds. The number of fused-ring (bicyclic) bond motifs is 1. The van der Waals surface area contributed by atoms with Crippen molar-refractivity contribution >= 4 is 23.3 Å². The molecule has 0 unspecified atom stereocenters. The van der Waals surface area contributed by atoms with E-state index >= 15 is 0 Å². The number of hydrogen-bond acceptors (Lipinski definition) is 4. The Labute approximate surface area is 254 Å². The largest absolute Gasteiger partial charge is 0.508 e. The molecule has 218 valence electrons. The van der Waals surface area contributed by atoms with Crippen LogP contribution < -0.4 is 9.47 Å². The molecule has 42 heavy (non-hydrogen) atoms. The lowest BCUT2D eigenvalue weighted by Gasteiger charge is -2.26. The molecule has 1 aliphatic heterocycles. The maximum absolute atomic E-state index is 9.93. The molecule has 2 heterocycles. The van der Waals surface area contributed by atoms with Gasteiger partial charge < -0.3 is 19.1 Å². The molecule has 6 heteroatoms. The Bertz CT molecular complexity index is 1570. The molecule has 1 aromatic heterocycles. The van der Waals surface area contributed by atoms with E-state index in [0.29, 0.717) is 6.61 Å². The highest BCUT2D eigenvalue weighted by molar-refractivity contribution is 5.92. The van der Waals surface area contributed by atoms with E-state index in [0.717, 1.165) is 58.9 Å². The van der Waals surface area contributed by atoms with Crippen molar-refractivity contribution in [3.05, 3.63) is 114 Å². The number of phenols is 1. The Morgan fingerprint density at radius 2 is 1.45 bits per heavy atom. The third-order valence-corrected chi connectivity index (χ3v) is 8.07. The average Bonchev–Trinajstić information content (AvgIpc) is 3.28. The second-order valence-electron chi connectivity index (χ2n) is 11.0. The van der Waals surface area contributed by atoms with Gasteiger partial charge in [-0.1, -0.05) is 48.9 Å². The Kier molecular flexibility index (Phi) is 9.73. The number of hydrogen-bond donors (Lipinski definition) is 1. The first-order valence-corrected chi connectivity index (χ1v) is 14.7. The molecule has 5 aromatic rings. The third-order valence-electron chi connectivity index (χ3n) is 8.07. The highest BCUT2D eigenvalue weighted by Crippen LogP contribution is 2.36. The summed E-state index contributed by atoms with van der Waals surface area (Å²) in [4.78, 5) is 2.50. The van der Waals surface area contributed by atoms with Gasteiger partial charge in [0, 0.05) is 24.0 Å². The van der Waals surface area contributed by atoms with Crippen molar-refractivity contribution in [1.29, 1.82) is 0 Å². The van der Waals surface area contributed by atoms with Crippen molar-refractivity contribution < 1.29 is 14.6 Å². The monoisotopic (exact) mass is 582 g/mol. The second kappa shape index (κ2) is 13.8. The second-order valence-corrected chi connectivity index (χ2v) is 11.0. The highest BCUT2D eigenvalue weighted by Gasteiger charge is 2.17. The molecule has 1 fully saturated rings. The normalized spacial score (nSPS) is 13.5. The molecule has 4 aromatic carbocycles. The fourth-order valence-electron chi connectivity index (χ4n) is 5.84. The number of halogens is 1. The molecule has 0 bridgehead atoms. The average molecular weight is 583 g/mol. The van der Waals surface area contributed by atoms with Crippen LogP contribution >= 0.6 is 12.4 Å². The summed E-state index contributed by atoms with van der Waals surface area (Å²) in [5, 5.41) is 11.1. The van der Waals surface area contributed by atoms with Crippen LogP contribution in [0.5, 0.6) is 17.2 Å². The van der Waals surface area contributed by atoms with Gasteiger partial charge in [0.15, 0.2) is 0 Å². The Morgan fingerprint density at radius 1 is 0.738 bits per heavy atom. The molecular weight excluding hydrogens is 544 g/mol. The van der Waals surface area contributed by atoms with Crippen LogP contribution in [0.15, 0.2) is 97.1 Å². The number of aryl methyl sites for hydroxylation is 1. The van der Waals surface area contributed by atoms with Crippen LogP contribution in [0, 0.1) is 6.92 Å². The van der Waals surface area contributed by atoms with Crippen LogP contribution in [-0.2, 0) is 13.2 Å². The quantitative estimate of drug-likeness (QED) is 0.180. The summed E-state index contributed by atoms with van der Waals surface area (Å²) >= 11 is 0. The van der Waals surface area contributed by atoms with Crippen molar-refractivity contribution in [2.75, 3.05) is 26.2 Å². The van der Waals surface area contributed by atoms with Crippen molar-refractivity contribution in [1.82, 2.24) is 9.47 Å². The minimum Gasteiger partial charge on any atom is -0.508 e. The molecule has 0 saturated carbocycles. The zero-order valence-electron chi connectivity index (χ0n) is 24.2. The maximum Gasteiger partial charge on any atom is 0.120 e. The van der Waals surface area contributed by atoms with Gasteiger partial charge in [-0.25, -0.2) is 0 Å². The fourth-order valence-corrected chi connectivity index (χ4v) is 5.84. The molecule has 0 atom stereocenters. The topological polar surface area (TPSA) is 46.9 Å². The third kappa shape index (κ3) is 6.92. The van der Waals surface area contributed by atoms with Crippen LogP contribution in [-0.4, -0.2) is 40.8 Å². The van der Waals surface area contributed by atoms with Gasteiger partial charge in [-0.05, 0) is 110 Å². The number of rotatable bonds is 10. The Balaban J connectivity index is 0.00000353. The van der Waals surface area contributed by atoms with E-state index in [1.165, 1.54) is 43.5 Å². The summed E-state index contributed by atoms with van der Waals surface area (Å²) in [5.41, 5.74) is 6.90. The minimum absolute atomic E-state index is 0. The van der Waals surface area contributed by atoms with Crippen molar-refractivity contribution in [2.45, 2.75) is 39.3 Å². The van der Waals surface area contributed by atoms with E-state index in [2.05, 4.69) is 71.0 Å². The van der Waals surface area contributed by atoms with Crippen molar-refractivity contribution in [3.63, 3.8) is 0 Å². The van der Waals surface area contributed by atoms with Crippen LogP contribution in [0.4, 0.5) is 0 Å². The smallest absolute Gasteiger partial charge is 0.120 e. The van der Waals surface area contributed by atoms with E-state index in [1.807, 2.05) is 30.3 Å². The molecule has 5 nitrogen and oxygen atoms in total. The maximum atomic E-state index is 9.93. The van der Waals surface area contributed by atoms with E-state index in [1.54, 1.807) is 12.1 Å². The lowest BCUT2D eigenvalue weighted by molar-refractivity contribution is 0.183. The van der Waals surface area contributed by atoms with Crippen molar-refractivity contribution in [3.8, 4) is 28.5 Å². The zero-order chi connectivity index (χ0) is 28.0. The fraction of sp³-hybridized carbons (Fsp3) is 0.278. The van der Waals surface area contributed by atoms with Gasteiger partial charge in [0.05, 0.1) is 5.69 Å². The summed E-state index contributed by atoms with van der Waals surface area (Å²) in [7, 11) is 0. The number of benzene rings is 4. The zero-order valence-corrected chi connectivity index (χ0v) is 25.0. The first kappa shape index (κ1) is 29.6. The summed E-state index contributed by atoms with van der Waals surface area (Å²) in [6.45, 7) is 7.51. The van der Waals surface area contributed by atoms with Crippen LogP contribution in [0.2, 0.25) is 0 Å². The summed E-state index contributed by atoms with van der Waals surface area (Å²) in [5.74, 6) is 2.03. The number of likely N-dealkylation sites (tertiary alicyclic amines) is 1. The van der Waals surface area contributed by atoms with Gasteiger partial charge >= 0.3 is 0 Å². The van der Waals surface area contributed by atoms with E-state index in [9.17, 15) is 5.11 Å². The predicted molar refractivity (Wildman–Crippen MR) is 173 cm³/mol. The lowest BCUT2D eigenvalue weighted by atomic mass is 10.1. The van der Waals surface area contributed by atoms with Crippen LogP contribution in [0.25, 0.3) is 22.2 Å². The number of aromatic nitrogens is 1. The van der Waals surface area contributed by atoms with E-state index < -0.39 is 0 Å². The standard InChI is InChI=1S/C36H38N2O3.ClH/c1-27-34-24-33(41-26-29-8-4-2-5-9-29)18-19-35(34)38(36(27)30-12-14-31(39)15-13-30)25-28-10-16-32(17-11-28)40-23-22-37-20-6-3-7-21-37;/h2,4-5,8-19,24,39H,3,6-7,20-23,25-26H2,1H3;1H. The molecule has 1 aliphatic rings. The minimum atomic E-state index is 0. The Hall–Kier alpha value is -3.93. The van der Waals surface area contributed by atoms with Crippen LogP contribution in [0.3, 0.4) is 0 Å². The number of phenolic OH excluding ortho intramolecular Hbond substituents is 1. The molecule has 0 aliphatic carbocycles. The van der Waals surface area contributed by atoms with Crippen molar-refractivity contribution in [2.24, 2.45) is 0 Å². The predicted octanol–water partition coefficient (Wildman–Crippen LogP) is 8.24. The first-order valence-electron chi connectivity index (χ1n) is 14.7. The van der Waals surface area contributed by atoms with Crippen LogP contribution in [0.1, 0.15) is 36.0 Å². The highest BCUT2D eigenvalue weighted by atomic mass is 35.5. The van der Waals surface area contributed by atoms with Gasteiger partial charge in [0.2, 0.25) is 0 Å². The number of piperidine rings is 1. The summed E-state index contributed by atoms with van der Waals surface area (Å²) in [6.07, 6.45) is 3.96. The molecule has 1 saturated heterocycles. The SMILES string of the molecule is Cc1c(-c2ccc(O)cc2)n(Cc2ccc(OCCN3CCCCC3)cc2)c2ccc(OCc3ccccc3)cc12.Cl. The van der Waals surface area contributed by atoms with Gasteiger partial charge in [-0.2, -0.15) is 0 Å². The molecule has 1 N–H and O–H groups in total. The van der Waals surface area contributed by atoms with E-state index in [-0.39, 0.29) is 18.2 Å². The van der Waals surface area contributed by atoms with Gasteiger partial charge in [0.25, 0.3) is 0 Å². The number of nitrogens with zero attached hydrogens (tertiary/aromatic N) is 2. The summed E-state index contributed by atoms with van der Waals surface area (Å²) < 4.78 is 14.6. The molecule has 6 rings (SSSR count). The number of ether oxygens (including phenoxy) is 2. The van der Waals surface area contributed by atoms with Gasteiger partial charge in [-0.3, -0.25) is 4.90 Å². The lowest BCUT2D eigenvalue weighted by Crippen LogP contribution is -2.33. The van der Waals surface area contributed by atoms with Gasteiger partial charge in [-0.15, -0.1) is 12.4 Å². The van der Waals surface area contributed by atoms with Gasteiger partial charge in [0.1, 0.15) is 30.5 Å². The van der Waals surface area contributed by atoms with E-state index in [4.69, 9.17) is 9.47 Å². The molecule has 0 radical (unpaired) electrons. The summed E-state index contributed by atoms with van der Waals surface area (Å²) in [6, 6.07) is 32.6. The molecular formula is C36H39ClN2O3. The Morgan fingerprint density at radius 3 is 2.19 bits per heavy atom. The molecule has 0 spiro atoms. The first-order chi connectivity index (χ1) is 20.1.